The summed E-state index contributed by atoms with van der Waals surface area (Å²) in [5, 5.41) is 20.9. The minimum atomic E-state index is -4.52. The predicted octanol–water partition coefficient (Wildman–Crippen LogP) is 2.89. The first-order valence-corrected chi connectivity index (χ1v) is 7.61. The summed E-state index contributed by atoms with van der Waals surface area (Å²) in [6.07, 6.45) is -3.66. The summed E-state index contributed by atoms with van der Waals surface area (Å²) < 4.78 is 39.7. The molecule has 8 nitrogen and oxygen atoms in total. The van der Waals surface area contributed by atoms with Crippen molar-refractivity contribution in [3.63, 3.8) is 0 Å². The number of pyridine rings is 1. The number of rotatable bonds is 4. The van der Waals surface area contributed by atoms with Crippen LogP contribution in [0.15, 0.2) is 36.5 Å². The molecule has 11 heteroatoms. The molecule has 0 fully saturated rings. The van der Waals surface area contributed by atoms with E-state index in [9.17, 15) is 28.1 Å². The SMILES string of the molecule is Cc1cc(C(=O)NCc2nnc3ccc(C(F)(F)F)cn23)ccc1[N+](=O)[O-]. The topological polar surface area (TPSA) is 102 Å². The van der Waals surface area contributed by atoms with Crippen LogP contribution in [0.25, 0.3) is 5.65 Å². The molecule has 3 aromatic rings. The summed E-state index contributed by atoms with van der Waals surface area (Å²) in [6, 6.07) is 5.94. The van der Waals surface area contributed by atoms with Crippen molar-refractivity contribution >= 4 is 17.2 Å². The Kier molecular flexibility index (Phi) is 4.52. The van der Waals surface area contributed by atoms with Gasteiger partial charge < -0.3 is 5.32 Å². The third kappa shape index (κ3) is 3.71. The van der Waals surface area contributed by atoms with Gasteiger partial charge in [0.05, 0.1) is 17.0 Å². The molecule has 0 aliphatic carbocycles. The minimum Gasteiger partial charge on any atom is -0.345 e. The van der Waals surface area contributed by atoms with Gasteiger partial charge in [0.25, 0.3) is 11.6 Å². The van der Waals surface area contributed by atoms with Crippen molar-refractivity contribution in [3.8, 4) is 0 Å². The van der Waals surface area contributed by atoms with E-state index in [1.165, 1.54) is 31.2 Å². The Bertz CT molecular complexity index is 1050. The number of nitrogens with one attached hydrogen (secondary N) is 1. The molecule has 0 radical (unpaired) electrons. The number of hydrogen-bond acceptors (Lipinski definition) is 5. The second kappa shape index (κ2) is 6.67. The molecule has 0 unspecified atom stereocenters. The normalized spacial score (nSPS) is 11.6. The molecule has 0 saturated heterocycles. The summed E-state index contributed by atoms with van der Waals surface area (Å²) >= 11 is 0. The molecular weight excluding hydrogens is 367 g/mol. The van der Waals surface area contributed by atoms with E-state index in [1.807, 2.05) is 0 Å². The lowest BCUT2D eigenvalue weighted by Gasteiger charge is -2.08. The Balaban J connectivity index is 1.79. The Labute approximate surface area is 149 Å². The smallest absolute Gasteiger partial charge is 0.345 e. The number of carbonyl (C=O) groups is 1. The van der Waals surface area contributed by atoms with Gasteiger partial charge in [-0.15, -0.1) is 10.2 Å². The number of nitro benzene ring substituents is 1. The van der Waals surface area contributed by atoms with E-state index >= 15 is 0 Å². The van der Waals surface area contributed by atoms with Crippen molar-refractivity contribution in [2.75, 3.05) is 0 Å². The Morgan fingerprint density at radius 1 is 1.26 bits per heavy atom. The van der Waals surface area contributed by atoms with Crippen molar-refractivity contribution in [3.05, 3.63) is 69.2 Å². The molecule has 0 aliphatic heterocycles. The van der Waals surface area contributed by atoms with Gasteiger partial charge in [0, 0.05) is 23.4 Å². The van der Waals surface area contributed by atoms with Crippen LogP contribution < -0.4 is 5.32 Å². The first-order valence-electron chi connectivity index (χ1n) is 7.61. The van der Waals surface area contributed by atoms with Crippen LogP contribution in [0.3, 0.4) is 0 Å². The highest BCUT2D eigenvalue weighted by molar-refractivity contribution is 5.94. The number of nitro groups is 1. The van der Waals surface area contributed by atoms with Gasteiger partial charge in [-0.25, -0.2) is 0 Å². The van der Waals surface area contributed by atoms with E-state index < -0.39 is 22.6 Å². The summed E-state index contributed by atoms with van der Waals surface area (Å²) in [4.78, 5) is 22.5. The van der Waals surface area contributed by atoms with Gasteiger partial charge in [0.2, 0.25) is 0 Å². The number of aryl methyl sites for hydroxylation is 1. The van der Waals surface area contributed by atoms with E-state index in [4.69, 9.17) is 0 Å². The van der Waals surface area contributed by atoms with Crippen LogP contribution in [-0.2, 0) is 12.7 Å². The summed E-state index contributed by atoms with van der Waals surface area (Å²) in [5.74, 6) is -0.431. The van der Waals surface area contributed by atoms with Gasteiger partial charge in [-0.2, -0.15) is 13.2 Å². The molecule has 1 aromatic carbocycles. The fourth-order valence-electron chi connectivity index (χ4n) is 2.49. The predicted molar refractivity (Wildman–Crippen MR) is 87.0 cm³/mol. The van der Waals surface area contributed by atoms with Crippen molar-refractivity contribution in [2.24, 2.45) is 0 Å². The molecule has 0 aliphatic rings. The van der Waals surface area contributed by atoms with Crippen LogP contribution in [-0.4, -0.2) is 25.4 Å². The first kappa shape index (κ1) is 18.3. The van der Waals surface area contributed by atoms with Crippen molar-refractivity contribution in [1.82, 2.24) is 19.9 Å². The maximum Gasteiger partial charge on any atom is 0.417 e. The number of benzene rings is 1. The second-order valence-corrected chi connectivity index (χ2v) is 5.70. The molecule has 140 valence electrons. The molecular formula is C16H12F3N5O3. The number of fused-ring (bicyclic) bond motifs is 1. The van der Waals surface area contributed by atoms with Crippen LogP contribution in [0.4, 0.5) is 18.9 Å². The van der Waals surface area contributed by atoms with Crippen LogP contribution in [0.1, 0.15) is 27.3 Å². The van der Waals surface area contributed by atoms with Crippen molar-refractivity contribution in [2.45, 2.75) is 19.6 Å². The van der Waals surface area contributed by atoms with Crippen LogP contribution in [0.5, 0.6) is 0 Å². The molecule has 1 N–H and O–H groups in total. The Morgan fingerprint density at radius 2 is 2.00 bits per heavy atom. The molecule has 0 spiro atoms. The number of carbonyl (C=O) groups excluding carboxylic acids is 1. The highest BCUT2D eigenvalue weighted by Crippen LogP contribution is 2.29. The number of aromatic nitrogens is 3. The summed E-state index contributed by atoms with van der Waals surface area (Å²) in [7, 11) is 0. The lowest BCUT2D eigenvalue weighted by atomic mass is 10.1. The monoisotopic (exact) mass is 379 g/mol. The highest BCUT2D eigenvalue weighted by Gasteiger charge is 2.31. The van der Waals surface area contributed by atoms with Gasteiger partial charge in [0.15, 0.2) is 11.5 Å². The van der Waals surface area contributed by atoms with E-state index in [1.54, 1.807) is 0 Å². The second-order valence-electron chi connectivity index (χ2n) is 5.70. The van der Waals surface area contributed by atoms with Crippen LogP contribution >= 0.6 is 0 Å². The fraction of sp³-hybridized carbons (Fsp3) is 0.188. The van der Waals surface area contributed by atoms with E-state index in [0.717, 1.165) is 16.7 Å². The third-order valence-electron chi connectivity index (χ3n) is 3.86. The minimum absolute atomic E-state index is 0.114. The summed E-state index contributed by atoms with van der Waals surface area (Å²) in [6.45, 7) is 1.33. The molecule has 0 saturated carbocycles. The number of alkyl halides is 3. The molecule has 0 bridgehead atoms. The maximum atomic E-state index is 12.8. The molecule has 2 aromatic heterocycles. The number of amides is 1. The average molecular weight is 379 g/mol. The van der Waals surface area contributed by atoms with Crippen LogP contribution in [0, 0.1) is 17.0 Å². The van der Waals surface area contributed by atoms with Gasteiger partial charge in [-0.3, -0.25) is 19.3 Å². The zero-order valence-electron chi connectivity index (χ0n) is 13.8. The van der Waals surface area contributed by atoms with Crippen LogP contribution in [0.2, 0.25) is 0 Å². The Hall–Kier alpha value is -3.50. The van der Waals surface area contributed by atoms with Crippen molar-refractivity contribution in [1.29, 1.82) is 0 Å². The molecule has 3 rings (SSSR count). The van der Waals surface area contributed by atoms with Gasteiger partial charge in [0.1, 0.15) is 0 Å². The van der Waals surface area contributed by atoms with E-state index in [-0.39, 0.29) is 29.3 Å². The largest absolute Gasteiger partial charge is 0.417 e. The summed E-state index contributed by atoms with van der Waals surface area (Å²) in [5.41, 5.74) is -0.278. The molecule has 1 amide bonds. The highest BCUT2D eigenvalue weighted by atomic mass is 19.4. The van der Waals surface area contributed by atoms with E-state index in [0.29, 0.717) is 5.56 Å². The number of nitrogens with zero attached hydrogens (tertiary/aromatic N) is 4. The maximum absolute atomic E-state index is 12.8. The van der Waals surface area contributed by atoms with E-state index in [2.05, 4.69) is 15.5 Å². The standard InChI is InChI=1S/C16H12F3N5O3/c1-9-6-10(2-4-12(9)24(26)27)15(25)20-7-14-22-21-13-5-3-11(8-23(13)14)16(17,18)19/h2-6,8H,7H2,1H3,(H,20,25). The lowest BCUT2D eigenvalue weighted by molar-refractivity contribution is -0.385. The zero-order valence-corrected chi connectivity index (χ0v) is 13.8. The average Bonchev–Trinajstić information content (AvgIpc) is 3.00. The quantitative estimate of drug-likeness (QED) is 0.555. The lowest BCUT2D eigenvalue weighted by Crippen LogP contribution is -2.24. The fourth-order valence-corrected chi connectivity index (χ4v) is 2.49. The molecule has 27 heavy (non-hydrogen) atoms. The zero-order chi connectivity index (χ0) is 19.8. The number of halogens is 3. The molecule has 2 heterocycles. The third-order valence-corrected chi connectivity index (χ3v) is 3.86. The van der Waals surface area contributed by atoms with Gasteiger partial charge in [-0.1, -0.05) is 0 Å². The number of hydrogen-bond donors (Lipinski definition) is 1. The van der Waals surface area contributed by atoms with Gasteiger partial charge in [-0.05, 0) is 31.2 Å². The van der Waals surface area contributed by atoms with Gasteiger partial charge >= 0.3 is 6.18 Å². The molecule has 0 atom stereocenters. The Morgan fingerprint density at radius 3 is 2.63 bits per heavy atom. The van der Waals surface area contributed by atoms with Crippen molar-refractivity contribution < 1.29 is 22.9 Å². The first-order chi connectivity index (χ1) is 12.7.